The van der Waals surface area contributed by atoms with Gasteiger partial charge in [-0.1, -0.05) is 6.07 Å². The van der Waals surface area contributed by atoms with E-state index in [1.54, 1.807) is 13.0 Å². The lowest BCUT2D eigenvalue weighted by molar-refractivity contribution is 0.0942. The fourth-order valence-corrected chi connectivity index (χ4v) is 3.46. The molecule has 0 fully saturated rings. The summed E-state index contributed by atoms with van der Waals surface area (Å²) in [5.41, 5.74) is 12.9. The summed E-state index contributed by atoms with van der Waals surface area (Å²) in [6, 6.07) is 13.8. The van der Waals surface area contributed by atoms with Crippen molar-refractivity contribution in [3.05, 3.63) is 89.4 Å². The number of nitrogens with zero attached hydrogens (tertiary/aromatic N) is 2. The van der Waals surface area contributed by atoms with E-state index in [0.29, 0.717) is 16.9 Å². The van der Waals surface area contributed by atoms with Crippen LogP contribution in [0.4, 0.5) is 8.78 Å². The van der Waals surface area contributed by atoms with Crippen molar-refractivity contribution >= 4 is 23.7 Å². The van der Waals surface area contributed by atoms with Gasteiger partial charge >= 0.3 is 0 Å². The van der Waals surface area contributed by atoms with E-state index in [0.717, 1.165) is 5.56 Å². The van der Waals surface area contributed by atoms with Crippen LogP contribution in [0.3, 0.4) is 0 Å². The highest BCUT2D eigenvalue weighted by molar-refractivity contribution is 6.05. The van der Waals surface area contributed by atoms with E-state index in [2.05, 4.69) is 20.8 Å². The van der Waals surface area contributed by atoms with Crippen molar-refractivity contribution in [2.45, 2.75) is 6.92 Å². The maximum atomic E-state index is 13.7. The van der Waals surface area contributed by atoms with Crippen molar-refractivity contribution < 1.29 is 31.9 Å². The van der Waals surface area contributed by atoms with Crippen LogP contribution >= 0.6 is 0 Å². The third-order valence-corrected chi connectivity index (χ3v) is 5.30. The summed E-state index contributed by atoms with van der Waals surface area (Å²) in [6.07, 6.45) is 0. The van der Waals surface area contributed by atoms with Gasteiger partial charge in [0, 0.05) is 5.56 Å². The van der Waals surface area contributed by atoms with Crippen molar-refractivity contribution in [2.75, 3.05) is 7.11 Å². The molecule has 2 aromatic heterocycles. The molecule has 4 aromatic rings. The highest BCUT2D eigenvalue weighted by Crippen LogP contribution is 2.32. The number of carbonyl (C=O) groups excluding carboxylic acids is 2. The zero-order chi connectivity index (χ0) is 28.1. The summed E-state index contributed by atoms with van der Waals surface area (Å²) >= 11 is 0. The molecule has 0 bridgehead atoms. The first kappa shape index (κ1) is 26.6. The minimum absolute atomic E-state index is 0.111. The Kier molecular flexibility index (Phi) is 7.70. The number of aryl methyl sites for hydroxylation is 1. The monoisotopic (exact) mass is 536 g/mol. The molecule has 4 rings (SSSR count). The number of rotatable bonds is 6. The topological polar surface area (TPSA) is 170 Å². The first-order valence-electron chi connectivity index (χ1n) is 11.2. The number of ether oxygens (including phenoxy) is 1. The average Bonchev–Trinajstić information content (AvgIpc) is 3.60. The summed E-state index contributed by atoms with van der Waals surface area (Å²) < 4.78 is 43.4. The van der Waals surface area contributed by atoms with E-state index >= 15 is 0 Å². The number of furan rings is 2. The SMILES string of the molecule is COc1ccc(F)cc1-c1ccc(C(=O)NC(N)=NN=C(N)NC(=O)c2ccc(-c3cc(F)ccc3C)o2)o1. The van der Waals surface area contributed by atoms with E-state index in [1.807, 2.05) is 0 Å². The molecule has 2 aromatic carbocycles. The Morgan fingerprint density at radius 1 is 0.769 bits per heavy atom. The molecule has 0 aliphatic heterocycles. The maximum absolute atomic E-state index is 13.7. The standard InChI is InChI=1S/C26H22F2N6O5/c1-13-3-4-14(27)11-16(13)19-7-9-21(38-19)23(35)31-25(29)33-34-26(30)32-24(36)22-10-8-20(39-22)17-12-15(28)5-6-18(17)37-2/h3-12H,1-2H3,(H3,29,31,33,35)(H3,30,32,34,36). The molecule has 11 nitrogen and oxygen atoms in total. The Labute approximate surface area is 220 Å². The Morgan fingerprint density at radius 2 is 1.26 bits per heavy atom. The largest absolute Gasteiger partial charge is 0.496 e. The quantitative estimate of drug-likeness (QED) is 0.166. The number of hydrogen-bond acceptors (Lipinski definition) is 7. The van der Waals surface area contributed by atoms with Gasteiger partial charge in [0.25, 0.3) is 11.8 Å². The summed E-state index contributed by atoms with van der Waals surface area (Å²) in [4.78, 5) is 24.8. The van der Waals surface area contributed by atoms with Gasteiger partial charge in [0.1, 0.15) is 28.9 Å². The predicted molar refractivity (Wildman–Crippen MR) is 138 cm³/mol. The number of amides is 2. The third-order valence-electron chi connectivity index (χ3n) is 5.30. The van der Waals surface area contributed by atoms with Crippen LogP contribution in [-0.2, 0) is 0 Å². The number of guanidine groups is 2. The van der Waals surface area contributed by atoms with E-state index in [4.69, 9.17) is 25.0 Å². The number of hydrogen-bond donors (Lipinski definition) is 4. The molecule has 0 aliphatic rings. The minimum Gasteiger partial charge on any atom is -0.496 e. The predicted octanol–water partition coefficient (Wildman–Crippen LogP) is 3.51. The Hall–Kier alpha value is -5.46. The molecule has 2 amide bonds. The van der Waals surface area contributed by atoms with Gasteiger partial charge in [-0.25, -0.2) is 8.78 Å². The van der Waals surface area contributed by atoms with Gasteiger partial charge in [0.05, 0.1) is 12.7 Å². The maximum Gasteiger partial charge on any atom is 0.293 e. The van der Waals surface area contributed by atoms with Crippen LogP contribution in [0.2, 0.25) is 0 Å². The van der Waals surface area contributed by atoms with Crippen molar-refractivity contribution in [3.8, 4) is 28.4 Å². The molecular weight excluding hydrogens is 514 g/mol. The molecule has 200 valence electrons. The molecule has 0 saturated heterocycles. The number of nitrogens with one attached hydrogen (secondary N) is 2. The lowest BCUT2D eigenvalue weighted by atomic mass is 10.1. The van der Waals surface area contributed by atoms with Crippen LogP contribution in [0.1, 0.15) is 26.7 Å². The summed E-state index contributed by atoms with van der Waals surface area (Å²) in [7, 11) is 1.42. The van der Waals surface area contributed by atoms with Crippen molar-refractivity contribution in [2.24, 2.45) is 21.7 Å². The molecular formula is C26H22F2N6O5. The lowest BCUT2D eigenvalue weighted by Crippen LogP contribution is -2.38. The Morgan fingerprint density at radius 3 is 1.79 bits per heavy atom. The van der Waals surface area contributed by atoms with Crippen molar-refractivity contribution in [1.82, 2.24) is 10.6 Å². The lowest BCUT2D eigenvalue weighted by Gasteiger charge is -2.06. The van der Waals surface area contributed by atoms with Crippen LogP contribution in [0, 0.1) is 18.6 Å². The second-order valence-electron chi connectivity index (χ2n) is 8.01. The van der Waals surface area contributed by atoms with Crippen LogP contribution < -0.4 is 26.8 Å². The second-order valence-corrected chi connectivity index (χ2v) is 8.01. The number of nitrogens with two attached hydrogens (primary N) is 2. The van der Waals surface area contributed by atoms with E-state index in [1.165, 1.54) is 61.7 Å². The fourth-order valence-electron chi connectivity index (χ4n) is 3.46. The molecule has 2 heterocycles. The van der Waals surface area contributed by atoms with Gasteiger partial charge in [-0.15, -0.1) is 10.2 Å². The first-order valence-corrected chi connectivity index (χ1v) is 11.2. The van der Waals surface area contributed by atoms with Crippen LogP contribution in [0.15, 0.2) is 79.7 Å². The average molecular weight is 536 g/mol. The zero-order valence-corrected chi connectivity index (χ0v) is 20.6. The van der Waals surface area contributed by atoms with Crippen LogP contribution in [0.25, 0.3) is 22.6 Å². The first-order chi connectivity index (χ1) is 18.6. The van der Waals surface area contributed by atoms with Gasteiger partial charge in [0.2, 0.25) is 11.9 Å². The minimum atomic E-state index is -0.772. The zero-order valence-electron chi connectivity index (χ0n) is 20.6. The molecule has 0 radical (unpaired) electrons. The van der Waals surface area contributed by atoms with Crippen LogP contribution in [-0.4, -0.2) is 30.8 Å². The highest BCUT2D eigenvalue weighted by Gasteiger charge is 2.17. The van der Waals surface area contributed by atoms with E-state index < -0.39 is 35.4 Å². The van der Waals surface area contributed by atoms with Crippen LogP contribution in [0.5, 0.6) is 5.75 Å². The van der Waals surface area contributed by atoms with Crippen molar-refractivity contribution in [1.29, 1.82) is 0 Å². The molecule has 0 atom stereocenters. The highest BCUT2D eigenvalue weighted by atomic mass is 19.1. The van der Waals surface area contributed by atoms with Gasteiger partial charge < -0.3 is 25.0 Å². The number of carbonyl (C=O) groups is 2. The van der Waals surface area contributed by atoms with Gasteiger partial charge in [-0.05, 0) is 67.1 Å². The summed E-state index contributed by atoms with van der Waals surface area (Å²) in [5, 5.41) is 11.6. The molecule has 0 unspecified atom stereocenters. The summed E-state index contributed by atoms with van der Waals surface area (Å²) in [6.45, 7) is 1.77. The van der Waals surface area contributed by atoms with Gasteiger partial charge in [-0.3, -0.25) is 20.2 Å². The van der Waals surface area contributed by atoms with Crippen molar-refractivity contribution in [3.63, 3.8) is 0 Å². The smallest absolute Gasteiger partial charge is 0.293 e. The molecule has 0 spiro atoms. The number of methoxy groups -OCH3 is 1. The second kappa shape index (κ2) is 11.3. The fraction of sp³-hybridized carbons (Fsp3) is 0.0769. The van der Waals surface area contributed by atoms with Gasteiger partial charge in [0.15, 0.2) is 11.5 Å². The Balaban J connectivity index is 1.38. The summed E-state index contributed by atoms with van der Waals surface area (Å²) in [5.74, 6) is -2.83. The van der Waals surface area contributed by atoms with E-state index in [-0.39, 0.29) is 23.0 Å². The van der Waals surface area contributed by atoms with Gasteiger partial charge in [-0.2, -0.15) is 0 Å². The molecule has 0 aliphatic carbocycles. The van der Waals surface area contributed by atoms with E-state index in [9.17, 15) is 18.4 Å². The normalized spacial score (nSPS) is 11.8. The molecule has 6 N–H and O–H groups in total. The third kappa shape index (κ3) is 6.28. The molecule has 13 heteroatoms. The molecule has 0 saturated carbocycles. The molecule has 39 heavy (non-hydrogen) atoms. The number of halogens is 2. The Bertz CT molecular complexity index is 1610. The number of benzene rings is 2.